The maximum Gasteiger partial charge on any atom is 0.647 e. The summed E-state index contributed by atoms with van der Waals surface area (Å²) in [5, 5.41) is 56.0. The molecule has 0 saturated carbocycles. The number of hydrogen-bond donors (Lipinski definition) is 0. The molecule has 0 aliphatic carbocycles. The van der Waals surface area contributed by atoms with E-state index >= 15 is 0 Å². The van der Waals surface area contributed by atoms with Gasteiger partial charge in [-0.15, -0.1) is 0 Å². The van der Waals surface area contributed by atoms with E-state index in [9.17, 15) is 36.1 Å². The fourth-order valence-electron chi connectivity index (χ4n) is 4.97. The van der Waals surface area contributed by atoms with Crippen molar-refractivity contribution in [2.75, 3.05) is 0 Å². The zero-order chi connectivity index (χ0) is 39.5. The Labute approximate surface area is 319 Å². The highest BCUT2D eigenvalue weighted by atomic mass is 31.2. The fourth-order valence-corrected chi connectivity index (χ4v) is 6.19. The third-order valence-electron chi connectivity index (χ3n) is 7.47. The monoisotopic (exact) mass is 752 g/mol. The van der Waals surface area contributed by atoms with E-state index in [2.05, 4.69) is 0 Å². The second-order valence-electron chi connectivity index (χ2n) is 11.2. The molecule has 0 aromatic heterocycles. The SMILES string of the molecule is N#Cc1ccc(Oc2cccc(OP(=O)(Oc3cccc(Oc4ccc(C#N)c(C#N)c4)c3)Oc3cccc(Oc4ccc(C#N)c(C#N)c4)c3)c2)cc1C#N. The Morgan fingerprint density at radius 3 is 0.839 bits per heavy atom. The quantitative estimate of drug-likeness (QED) is 0.106. The van der Waals surface area contributed by atoms with Crippen LogP contribution in [0, 0.1) is 68.0 Å². The molecule has 0 atom stereocenters. The van der Waals surface area contributed by atoms with E-state index in [0.29, 0.717) is 0 Å². The van der Waals surface area contributed by atoms with Gasteiger partial charge in [-0.25, -0.2) is 0 Å². The lowest BCUT2D eigenvalue weighted by atomic mass is 10.1. The maximum absolute atomic E-state index is 14.6. The highest BCUT2D eigenvalue weighted by Gasteiger charge is 2.34. The van der Waals surface area contributed by atoms with E-state index in [1.165, 1.54) is 91.0 Å². The summed E-state index contributed by atoms with van der Waals surface area (Å²) in [4.78, 5) is 0. The maximum atomic E-state index is 14.6. The summed E-state index contributed by atoms with van der Waals surface area (Å²) in [6.07, 6.45) is 0. The summed E-state index contributed by atoms with van der Waals surface area (Å²) in [5.74, 6) is 1.47. The van der Waals surface area contributed by atoms with Gasteiger partial charge in [0.2, 0.25) is 0 Å². The van der Waals surface area contributed by atoms with Gasteiger partial charge in [-0.3, -0.25) is 0 Å². The first-order valence-corrected chi connectivity index (χ1v) is 17.5. The summed E-state index contributed by atoms with van der Waals surface area (Å²) in [6, 6.07) is 43.0. The molecular weight excluding hydrogens is 731 g/mol. The minimum absolute atomic E-state index is 0.00280. The zero-order valence-corrected chi connectivity index (χ0v) is 29.5. The normalized spacial score (nSPS) is 10.1. The Balaban J connectivity index is 1.29. The van der Waals surface area contributed by atoms with Crippen LogP contribution in [-0.2, 0) is 4.57 Å². The van der Waals surface area contributed by atoms with Crippen molar-refractivity contribution in [3.8, 4) is 88.2 Å². The van der Waals surface area contributed by atoms with Crippen LogP contribution in [0.2, 0.25) is 0 Å². The first-order chi connectivity index (χ1) is 27.2. The Hall–Kier alpha value is -8.71. The van der Waals surface area contributed by atoms with Crippen molar-refractivity contribution < 1.29 is 32.3 Å². The van der Waals surface area contributed by atoms with Gasteiger partial charge >= 0.3 is 7.82 Å². The van der Waals surface area contributed by atoms with Gasteiger partial charge < -0.3 is 27.8 Å². The average Bonchev–Trinajstić information content (AvgIpc) is 3.20. The Morgan fingerprint density at radius 1 is 0.321 bits per heavy atom. The minimum atomic E-state index is -4.67. The fraction of sp³-hybridized carbons (Fsp3) is 0. The second kappa shape index (κ2) is 16.8. The predicted molar refractivity (Wildman–Crippen MR) is 197 cm³/mol. The van der Waals surface area contributed by atoms with Crippen LogP contribution in [0.1, 0.15) is 33.4 Å². The first kappa shape index (κ1) is 37.1. The molecule has 14 heteroatoms. The number of phosphoric ester groups is 1. The molecule has 0 amide bonds. The molecule has 13 nitrogen and oxygen atoms in total. The van der Waals surface area contributed by atoms with Crippen LogP contribution in [0.3, 0.4) is 0 Å². The van der Waals surface area contributed by atoms with E-state index in [1.54, 1.807) is 36.4 Å². The zero-order valence-electron chi connectivity index (χ0n) is 28.6. The molecule has 6 rings (SSSR count). The van der Waals surface area contributed by atoms with Gasteiger partial charge in [0.05, 0.1) is 33.4 Å². The molecule has 0 heterocycles. The molecule has 0 aliphatic heterocycles. The van der Waals surface area contributed by atoms with Gasteiger partial charge in [0, 0.05) is 18.2 Å². The van der Waals surface area contributed by atoms with Crippen LogP contribution in [0.15, 0.2) is 127 Å². The highest BCUT2D eigenvalue weighted by Crippen LogP contribution is 2.51. The summed E-state index contributed by atoms with van der Waals surface area (Å²) >= 11 is 0. The van der Waals surface area contributed by atoms with Crippen LogP contribution in [-0.4, -0.2) is 0 Å². The largest absolute Gasteiger partial charge is 0.647 e. The van der Waals surface area contributed by atoms with Crippen LogP contribution >= 0.6 is 7.82 Å². The molecule has 0 fully saturated rings. The first-order valence-electron chi connectivity index (χ1n) is 16.1. The number of hydrogen-bond acceptors (Lipinski definition) is 13. The minimum Gasteiger partial charge on any atom is -0.457 e. The third-order valence-corrected chi connectivity index (χ3v) is 8.77. The van der Waals surface area contributed by atoms with Crippen LogP contribution < -0.4 is 27.8 Å². The molecule has 6 aromatic carbocycles. The molecule has 0 aliphatic rings. The Morgan fingerprint density at radius 2 is 0.571 bits per heavy atom. The van der Waals surface area contributed by atoms with E-state index in [1.807, 2.05) is 36.4 Å². The third kappa shape index (κ3) is 9.01. The van der Waals surface area contributed by atoms with Crippen LogP contribution in [0.25, 0.3) is 0 Å². The standard InChI is InChI=1S/C42H21N6O7P/c43-22-28-10-13-37(16-31(28)25-46)50-34-4-1-7-40(19-34)53-56(49,54-41-8-2-5-35(20-41)51-38-14-11-29(23-44)32(17-38)26-47)55-42-9-3-6-36(21-42)52-39-15-12-30(24-45)33(18-39)27-48/h1-21H. The van der Waals surface area contributed by atoms with Crippen molar-refractivity contribution in [2.45, 2.75) is 0 Å². The lowest BCUT2D eigenvalue weighted by molar-refractivity contribution is 0.297. The molecular formula is C42H21N6O7P. The second-order valence-corrected chi connectivity index (χ2v) is 12.7. The van der Waals surface area contributed by atoms with Gasteiger partial charge in [0.15, 0.2) is 0 Å². The van der Waals surface area contributed by atoms with Crippen molar-refractivity contribution >= 4 is 7.82 Å². The van der Waals surface area contributed by atoms with Gasteiger partial charge in [-0.1, -0.05) is 18.2 Å². The smallest absolute Gasteiger partial charge is 0.457 e. The van der Waals surface area contributed by atoms with E-state index in [4.69, 9.17) is 27.8 Å². The average molecular weight is 753 g/mol. The lowest BCUT2D eigenvalue weighted by Gasteiger charge is -2.20. The summed E-state index contributed by atoms with van der Waals surface area (Å²) in [7, 11) is -4.67. The van der Waals surface area contributed by atoms with Crippen LogP contribution in [0.5, 0.6) is 51.7 Å². The number of ether oxygens (including phenoxy) is 3. The molecule has 56 heavy (non-hydrogen) atoms. The van der Waals surface area contributed by atoms with Gasteiger partial charge in [0.25, 0.3) is 0 Å². The topological polar surface area (TPSA) is 215 Å². The summed E-state index contributed by atoms with van der Waals surface area (Å²) in [5.41, 5.74) is 0.915. The molecule has 0 N–H and O–H groups in total. The lowest BCUT2D eigenvalue weighted by Crippen LogP contribution is -2.08. The molecule has 0 saturated heterocycles. The van der Waals surface area contributed by atoms with Crippen molar-refractivity contribution in [1.82, 2.24) is 0 Å². The number of rotatable bonds is 12. The number of nitrogens with zero attached hydrogens (tertiary/aromatic N) is 6. The molecule has 0 unspecified atom stereocenters. The summed E-state index contributed by atoms with van der Waals surface area (Å²) < 4.78 is 50.1. The van der Waals surface area contributed by atoms with Crippen molar-refractivity contribution in [3.63, 3.8) is 0 Å². The summed E-state index contributed by atoms with van der Waals surface area (Å²) in [6.45, 7) is 0. The molecule has 0 radical (unpaired) electrons. The molecule has 6 aromatic rings. The van der Waals surface area contributed by atoms with E-state index in [0.717, 1.165) is 0 Å². The highest BCUT2D eigenvalue weighted by molar-refractivity contribution is 7.49. The van der Waals surface area contributed by atoms with Gasteiger partial charge in [-0.2, -0.15) is 36.1 Å². The van der Waals surface area contributed by atoms with Crippen molar-refractivity contribution in [1.29, 1.82) is 31.6 Å². The molecule has 266 valence electrons. The Bertz CT molecular complexity index is 2500. The predicted octanol–water partition coefficient (Wildman–Crippen LogP) is 9.94. The number of phosphoric acid groups is 1. The van der Waals surface area contributed by atoms with Crippen molar-refractivity contribution in [3.05, 3.63) is 161 Å². The van der Waals surface area contributed by atoms with Crippen LogP contribution in [0.4, 0.5) is 0 Å². The number of benzene rings is 6. The van der Waals surface area contributed by atoms with Gasteiger partial charge in [-0.05, 0) is 91.0 Å². The van der Waals surface area contributed by atoms with E-state index in [-0.39, 0.29) is 85.1 Å². The molecule has 0 spiro atoms. The van der Waals surface area contributed by atoms with Crippen molar-refractivity contribution in [2.24, 2.45) is 0 Å². The molecule has 0 bridgehead atoms. The van der Waals surface area contributed by atoms with Gasteiger partial charge in [0.1, 0.15) is 88.2 Å². The Kier molecular flexibility index (Phi) is 11.1. The number of nitriles is 6. The van der Waals surface area contributed by atoms with E-state index < -0.39 is 7.82 Å².